The molecular weight excluding hydrogens is 532 g/mol. The minimum atomic E-state index is -2.60. The Labute approximate surface area is 252 Å². The molecule has 0 spiro atoms. The zero-order valence-corrected chi connectivity index (χ0v) is 28.1. The predicted molar refractivity (Wildman–Crippen MR) is 171 cm³/mol. The average Bonchev–Trinajstić information content (AvgIpc) is 2.98. The fraction of sp³-hybridized carbons (Fsp3) is 0.758. The molecule has 41 heavy (non-hydrogen) atoms. The van der Waals surface area contributed by atoms with E-state index in [1.54, 1.807) is 33.2 Å². The molecule has 7 nitrogen and oxygen atoms in total. The Bertz CT molecular complexity index is 808. The van der Waals surface area contributed by atoms with Gasteiger partial charge in [0.2, 0.25) is 11.8 Å². The molecule has 1 aromatic carbocycles. The minimum absolute atomic E-state index is 0.00364. The highest BCUT2D eigenvalue weighted by Crippen LogP contribution is 2.18. The number of rotatable bonds is 25. The molecule has 1 atom stereocenters. The van der Waals surface area contributed by atoms with Crippen molar-refractivity contribution in [3.63, 3.8) is 0 Å². The van der Waals surface area contributed by atoms with E-state index in [1.807, 2.05) is 6.92 Å². The summed E-state index contributed by atoms with van der Waals surface area (Å²) in [5.74, 6) is 0.0974. The molecule has 1 N–H and O–H groups in total. The van der Waals surface area contributed by atoms with E-state index in [2.05, 4.69) is 36.5 Å². The van der Waals surface area contributed by atoms with E-state index in [4.69, 9.17) is 13.3 Å². The van der Waals surface area contributed by atoms with Gasteiger partial charge in [0.1, 0.15) is 0 Å². The molecule has 0 fully saturated rings. The van der Waals surface area contributed by atoms with Crippen LogP contribution < -0.4 is 5.32 Å². The predicted octanol–water partition coefficient (Wildman–Crippen LogP) is 7.30. The third kappa shape index (κ3) is 16.5. The van der Waals surface area contributed by atoms with Gasteiger partial charge in [-0.05, 0) is 24.0 Å². The number of amides is 2. The third-order valence-electron chi connectivity index (χ3n) is 8.11. The quantitative estimate of drug-likeness (QED) is 0.0952. The zero-order valence-electron chi connectivity index (χ0n) is 27.1. The molecule has 0 radical (unpaired) electrons. The van der Waals surface area contributed by atoms with Crippen LogP contribution in [0.2, 0.25) is 6.04 Å². The number of carbonyl (C=O) groups excluding carboxylic acids is 2. The highest BCUT2D eigenvalue weighted by atomic mass is 28.4. The molecule has 2 amide bonds. The molecule has 1 unspecified atom stereocenters. The molecule has 0 aliphatic rings. The van der Waals surface area contributed by atoms with Crippen molar-refractivity contribution >= 4 is 20.6 Å². The van der Waals surface area contributed by atoms with Crippen molar-refractivity contribution in [1.29, 1.82) is 0 Å². The lowest BCUT2D eigenvalue weighted by Crippen LogP contribution is -2.43. The molecule has 1 rings (SSSR count). The van der Waals surface area contributed by atoms with Gasteiger partial charge in [-0.15, -0.1) is 0 Å². The van der Waals surface area contributed by atoms with Gasteiger partial charge in [-0.2, -0.15) is 0 Å². The van der Waals surface area contributed by atoms with Crippen LogP contribution in [-0.4, -0.2) is 59.9 Å². The normalized spacial score (nSPS) is 12.3. The first kappa shape index (κ1) is 37.3. The standard InChI is InChI=1S/C33H60N2O5Si/c1-7-8-9-10-11-12-13-14-15-16-17-18-19-29(2)33(37)34-25-26-35(30(3)36)28-32-22-20-31(21-23-32)24-27-41(38-4,39-5)40-6/h20-23,29H,7-19,24-28H2,1-6H3,(H,34,37). The maximum absolute atomic E-state index is 12.6. The largest absolute Gasteiger partial charge is 0.500 e. The number of hydrogen-bond acceptors (Lipinski definition) is 5. The van der Waals surface area contributed by atoms with Crippen LogP contribution in [0.5, 0.6) is 0 Å². The number of carbonyl (C=O) groups is 2. The average molecular weight is 593 g/mol. The SMILES string of the molecule is CCCCCCCCCCCCCCC(C)C(=O)NCCN(Cc1ccc(CC[Si](OC)(OC)OC)cc1)C(C)=O. The topological polar surface area (TPSA) is 77.1 Å². The molecule has 0 saturated heterocycles. The van der Waals surface area contributed by atoms with Gasteiger partial charge >= 0.3 is 8.80 Å². The van der Waals surface area contributed by atoms with Crippen LogP contribution in [0.1, 0.15) is 115 Å². The lowest BCUT2D eigenvalue weighted by Gasteiger charge is -2.24. The van der Waals surface area contributed by atoms with Gasteiger partial charge in [0.05, 0.1) is 0 Å². The Balaban J connectivity index is 2.26. The van der Waals surface area contributed by atoms with Gasteiger partial charge in [0.25, 0.3) is 0 Å². The molecule has 0 aliphatic heterocycles. The van der Waals surface area contributed by atoms with E-state index in [9.17, 15) is 9.59 Å². The molecule has 1 aromatic rings. The number of nitrogens with one attached hydrogen (secondary N) is 1. The Morgan fingerprint density at radius 3 is 1.78 bits per heavy atom. The van der Waals surface area contributed by atoms with Gasteiger partial charge in [0, 0.05) is 59.8 Å². The number of hydrogen-bond donors (Lipinski definition) is 1. The Kier molecular flexibility index (Phi) is 20.7. The van der Waals surface area contributed by atoms with Crippen molar-refractivity contribution < 1.29 is 22.9 Å². The van der Waals surface area contributed by atoms with Crippen LogP contribution in [0.15, 0.2) is 24.3 Å². The van der Waals surface area contributed by atoms with E-state index in [1.165, 1.54) is 76.2 Å². The number of unbranched alkanes of at least 4 members (excludes halogenated alkanes) is 11. The fourth-order valence-electron chi connectivity index (χ4n) is 5.14. The maximum Gasteiger partial charge on any atom is 0.500 e. The first-order valence-corrected chi connectivity index (χ1v) is 18.0. The highest BCUT2D eigenvalue weighted by molar-refractivity contribution is 6.60. The van der Waals surface area contributed by atoms with Crippen molar-refractivity contribution in [3.8, 4) is 0 Å². The summed E-state index contributed by atoms with van der Waals surface area (Å²) in [4.78, 5) is 26.6. The fourth-order valence-corrected chi connectivity index (χ4v) is 6.85. The zero-order chi connectivity index (χ0) is 30.3. The van der Waals surface area contributed by atoms with Crippen molar-refractivity contribution in [2.75, 3.05) is 34.4 Å². The smallest absolute Gasteiger partial charge is 0.377 e. The number of aryl methyl sites for hydroxylation is 1. The van der Waals surface area contributed by atoms with Crippen LogP contribution in [0.3, 0.4) is 0 Å². The summed E-state index contributed by atoms with van der Waals surface area (Å²) in [5.41, 5.74) is 2.23. The van der Waals surface area contributed by atoms with Gasteiger partial charge in [-0.25, -0.2) is 0 Å². The van der Waals surface area contributed by atoms with Crippen molar-refractivity contribution in [2.24, 2.45) is 5.92 Å². The van der Waals surface area contributed by atoms with E-state index < -0.39 is 8.80 Å². The molecule has 236 valence electrons. The minimum Gasteiger partial charge on any atom is -0.377 e. The first-order valence-electron chi connectivity index (χ1n) is 16.1. The Morgan fingerprint density at radius 1 is 0.805 bits per heavy atom. The van der Waals surface area contributed by atoms with Crippen LogP contribution in [0.4, 0.5) is 0 Å². The second kappa shape index (κ2) is 22.8. The van der Waals surface area contributed by atoms with Crippen LogP contribution in [0.25, 0.3) is 0 Å². The maximum atomic E-state index is 12.6. The summed E-state index contributed by atoms with van der Waals surface area (Å²) in [5, 5.41) is 3.04. The molecule has 0 aliphatic carbocycles. The van der Waals surface area contributed by atoms with Gasteiger partial charge in [-0.1, -0.05) is 115 Å². The Hall–Kier alpha value is -1.74. The monoisotopic (exact) mass is 592 g/mol. The molecule has 0 saturated carbocycles. The summed E-state index contributed by atoms with van der Waals surface area (Å²) < 4.78 is 16.5. The van der Waals surface area contributed by atoms with Crippen molar-refractivity contribution in [3.05, 3.63) is 35.4 Å². The summed E-state index contributed by atoms with van der Waals surface area (Å²) >= 11 is 0. The summed E-state index contributed by atoms with van der Waals surface area (Å²) in [6, 6.07) is 8.96. The molecule has 8 heteroatoms. The Morgan fingerprint density at radius 2 is 1.29 bits per heavy atom. The summed E-state index contributed by atoms with van der Waals surface area (Å²) in [6.45, 7) is 7.35. The molecule has 0 aromatic heterocycles. The summed E-state index contributed by atoms with van der Waals surface area (Å²) in [6.07, 6.45) is 17.6. The first-order chi connectivity index (χ1) is 19.8. The van der Waals surface area contributed by atoms with Gasteiger partial charge < -0.3 is 23.5 Å². The van der Waals surface area contributed by atoms with Crippen molar-refractivity contribution in [1.82, 2.24) is 10.2 Å². The number of nitrogens with zero attached hydrogens (tertiary/aromatic N) is 1. The highest BCUT2D eigenvalue weighted by Gasteiger charge is 2.37. The van der Waals surface area contributed by atoms with Gasteiger partial charge in [0.15, 0.2) is 0 Å². The lowest BCUT2D eigenvalue weighted by molar-refractivity contribution is -0.130. The second-order valence-corrected chi connectivity index (χ2v) is 14.5. The third-order valence-corrected chi connectivity index (χ3v) is 10.8. The molecule has 0 bridgehead atoms. The van der Waals surface area contributed by atoms with Crippen LogP contribution in [-0.2, 0) is 35.8 Å². The lowest BCUT2D eigenvalue weighted by atomic mass is 10.0. The van der Waals surface area contributed by atoms with E-state index in [0.717, 1.165) is 24.8 Å². The van der Waals surface area contributed by atoms with Crippen LogP contribution in [0, 0.1) is 5.92 Å². The number of benzene rings is 1. The van der Waals surface area contributed by atoms with E-state index in [-0.39, 0.29) is 17.7 Å². The summed E-state index contributed by atoms with van der Waals surface area (Å²) in [7, 11) is 2.28. The van der Waals surface area contributed by atoms with Crippen molar-refractivity contribution in [2.45, 2.75) is 123 Å². The van der Waals surface area contributed by atoms with Gasteiger partial charge in [-0.3, -0.25) is 9.59 Å². The van der Waals surface area contributed by atoms with E-state index in [0.29, 0.717) is 25.7 Å². The van der Waals surface area contributed by atoms with E-state index >= 15 is 0 Å². The molecule has 0 heterocycles. The van der Waals surface area contributed by atoms with Crippen LogP contribution >= 0.6 is 0 Å². The molecular formula is C33H60N2O5Si. The second-order valence-electron chi connectivity index (χ2n) is 11.4.